The molecule has 0 aliphatic rings. The van der Waals surface area contributed by atoms with Crippen LogP contribution in [0.4, 0.5) is 0 Å². The van der Waals surface area contributed by atoms with Crippen LogP contribution in [0.3, 0.4) is 0 Å². The third-order valence-corrected chi connectivity index (χ3v) is 2.44. The van der Waals surface area contributed by atoms with Gasteiger partial charge in [-0.1, -0.05) is 12.1 Å². The van der Waals surface area contributed by atoms with Crippen LogP contribution in [0.1, 0.15) is 25.1 Å². The minimum absolute atomic E-state index is 0.541. The zero-order chi connectivity index (χ0) is 10.7. The molecule has 2 heterocycles. The van der Waals surface area contributed by atoms with Crippen LogP contribution in [0.2, 0.25) is 0 Å². The molecule has 5 nitrogen and oxygen atoms in total. The van der Waals surface area contributed by atoms with E-state index in [0.29, 0.717) is 12.4 Å². The zero-order valence-electron chi connectivity index (χ0n) is 8.35. The highest BCUT2D eigenvalue weighted by molar-refractivity contribution is 14.1. The Morgan fingerprint density at radius 2 is 2.40 bits per heavy atom. The van der Waals surface area contributed by atoms with Crippen LogP contribution in [-0.2, 0) is 13.0 Å². The lowest BCUT2D eigenvalue weighted by Gasteiger charge is -1.93. The number of rotatable bonds is 4. The number of halogens is 1. The Balaban J connectivity index is 2.04. The van der Waals surface area contributed by atoms with Gasteiger partial charge < -0.3 is 4.52 Å². The zero-order valence-corrected chi connectivity index (χ0v) is 10.5. The van der Waals surface area contributed by atoms with Gasteiger partial charge in [-0.15, -0.1) is 0 Å². The Morgan fingerprint density at radius 1 is 1.53 bits per heavy atom. The number of hydrogen-bond donors (Lipinski definition) is 0. The fourth-order valence-corrected chi connectivity index (χ4v) is 1.69. The topological polar surface area (TPSA) is 56.7 Å². The molecule has 0 aromatic carbocycles. The summed E-state index contributed by atoms with van der Waals surface area (Å²) in [6, 6.07) is 0. The molecule has 0 saturated heterocycles. The number of nitrogens with zero attached hydrogens (tertiary/aromatic N) is 4. The van der Waals surface area contributed by atoms with Crippen LogP contribution in [0.5, 0.6) is 0 Å². The molecule has 0 atom stereocenters. The van der Waals surface area contributed by atoms with Gasteiger partial charge in [0.1, 0.15) is 6.54 Å². The maximum absolute atomic E-state index is 5.11. The van der Waals surface area contributed by atoms with Crippen molar-refractivity contribution in [2.75, 3.05) is 0 Å². The summed E-state index contributed by atoms with van der Waals surface area (Å²) in [4.78, 5) is 4.26. The van der Waals surface area contributed by atoms with Gasteiger partial charge in [0.25, 0.3) is 0 Å². The summed E-state index contributed by atoms with van der Waals surface area (Å²) in [7, 11) is 0. The van der Waals surface area contributed by atoms with Crippen molar-refractivity contribution in [1.29, 1.82) is 0 Å². The van der Waals surface area contributed by atoms with E-state index in [-0.39, 0.29) is 0 Å². The average Bonchev–Trinajstić information content (AvgIpc) is 2.78. The average molecular weight is 318 g/mol. The largest absolute Gasteiger partial charge is 0.337 e. The summed E-state index contributed by atoms with van der Waals surface area (Å²) in [6.45, 7) is 2.63. The summed E-state index contributed by atoms with van der Waals surface area (Å²) in [5.74, 6) is 1.38. The van der Waals surface area contributed by atoms with Crippen LogP contribution >= 0.6 is 22.6 Å². The van der Waals surface area contributed by atoms with E-state index in [9.17, 15) is 0 Å². The van der Waals surface area contributed by atoms with Crippen molar-refractivity contribution in [3.8, 4) is 0 Å². The van der Waals surface area contributed by atoms with E-state index in [4.69, 9.17) is 4.52 Å². The quantitative estimate of drug-likeness (QED) is 0.808. The van der Waals surface area contributed by atoms with Crippen LogP contribution in [0.25, 0.3) is 0 Å². The predicted molar refractivity (Wildman–Crippen MR) is 62.3 cm³/mol. The number of hydrogen-bond acceptors (Lipinski definition) is 4. The first-order chi connectivity index (χ1) is 7.28. The van der Waals surface area contributed by atoms with E-state index >= 15 is 0 Å². The summed E-state index contributed by atoms with van der Waals surface area (Å²) in [5, 5.41) is 8.03. The first kappa shape index (κ1) is 10.6. The number of aromatic nitrogens is 4. The molecule has 0 N–H and O–H groups in total. The molecule has 0 fully saturated rings. The molecule has 0 amide bonds. The lowest BCUT2D eigenvalue weighted by molar-refractivity contribution is 0.361. The van der Waals surface area contributed by atoms with Gasteiger partial charge in [0.05, 0.1) is 9.77 Å². The van der Waals surface area contributed by atoms with E-state index in [0.717, 1.165) is 22.2 Å². The smallest absolute Gasteiger partial charge is 0.248 e. The van der Waals surface area contributed by atoms with Crippen molar-refractivity contribution >= 4 is 22.6 Å². The third-order valence-electron chi connectivity index (χ3n) is 1.88. The highest BCUT2D eigenvalue weighted by Gasteiger charge is 2.06. The van der Waals surface area contributed by atoms with Crippen LogP contribution < -0.4 is 0 Å². The number of aryl methyl sites for hydroxylation is 1. The molecule has 0 aliphatic heterocycles. The molecular formula is C9H11IN4O. The standard InChI is InChI=1S/C9H11IN4O/c1-2-3-8-12-9(15-13-8)6-14-5-7(10)4-11-14/h4-5H,2-3,6H2,1H3. The van der Waals surface area contributed by atoms with Crippen molar-refractivity contribution in [3.05, 3.63) is 27.7 Å². The predicted octanol–water partition coefficient (Wildman–Crippen LogP) is 1.87. The molecule has 0 unspecified atom stereocenters. The molecule has 2 aromatic rings. The molecule has 80 valence electrons. The Hall–Kier alpha value is -0.920. The fraction of sp³-hybridized carbons (Fsp3) is 0.444. The second-order valence-electron chi connectivity index (χ2n) is 3.21. The van der Waals surface area contributed by atoms with Gasteiger partial charge in [-0.05, 0) is 29.0 Å². The van der Waals surface area contributed by atoms with Gasteiger partial charge in [-0.3, -0.25) is 4.68 Å². The van der Waals surface area contributed by atoms with Gasteiger partial charge in [-0.25, -0.2) is 0 Å². The van der Waals surface area contributed by atoms with Crippen molar-refractivity contribution < 1.29 is 4.52 Å². The SMILES string of the molecule is CCCc1noc(Cn2cc(I)cn2)n1. The van der Waals surface area contributed by atoms with Gasteiger partial charge in [-0.2, -0.15) is 10.1 Å². The van der Waals surface area contributed by atoms with Crippen molar-refractivity contribution in [3.63, 3.8) is 0 Å². The molecule has 2 rings (SSSR count). The van der Waals surface area contributed by atoms with Crippen LogP contribution in [-0.4, -0.2) is 19.9 Å². The summed E-state index contributed by atoms with van der Waals surface area (Å²) in [6.07, 6.45) is 5.62. The van der Waals surface area contributed by atoms with E-state index < -0.39 is 0 Å². The van der Waals surface area contributed by atoms with E-state index in [1.54, 1.807) is 10.9 Å². The van der Waals surface area contributed by atoms with E-state index in [1.165, 1.54) is 0 Å². The summed E-state index contributed by atoms with van der Waals surface area (Å²) in [5.41, 5.74) is 0. The molecule has 0 radical (unpaired) electrons. The van der Waals surface area contributed by atoms with E-state index in [2.05, 4.69) is 44.8 Å². The maximum Gasteiger partial charge on any atom is 0.248 e. The van der Waals surface area contributed by atoms with Gasteiger partial charge >= 0.3 is 0 Å². The minimum atomic E-state index is 0.541. The second kappa shape index (κ2) is 4.73. The van der Waals surface area contributed by atoms with Crippen LogP contribution in [0.15, 0.2) is 16.9 Å². The Kier molecular flexibility index (Phi) is 3.34. The Labute approximate surface area is 101 Å². The lowest BCUT2D eigenvalue weighted by Crippen LogP contribution is -2.00. The first-order valence-electron chi connectivity index (χ1n) is 4.77. The lowest BCUT2D eigenvalue weighted by atomic mass is 10.3. The van der Waals surface area contributed by atoms with E-state index in [1.807, 2.05) is 6.20 Å². The van der Waals surface area contributed by atoms with Gasteiger partial charge in [0, 0.05) is 12.6 Å². The summed E-state index contributed by atoms with van der Waals surface area (Å²) < 4.78 is 7.99. The molecule has 0 spiro atoms. The second-order valence-corrected chi connectivity index (χ2v) is 4.46. The van der Waals surface area contributed by atoms with Crippen LogP contribution in [0, 0.1) is 3.57 Å². The molecule has 0 bridgehead atoms. The molecule has 2 aromatic heterocycles. The van der Waals surface area contributed by atoms with Gasteiger partial charge in [0.2, 0.25) is 5.89 Å². The Bertz CT molecular complexity index is 437. The molecule has 0 aliphatic carbocycles. The molecule has 6 heteroatoms. The first-order valence-corrected chi connectivity index (χ1v) is 5.85. The molecule has 0 saturated carbocycles. The van der Waals surface area contributed by atoms with Crippen molar-refractivity contribution in [2.24, 2.45) is 0 Å². The highest BCUT2D eigenvalue weighted by atomic mass is 127. The Morgan fingerprint density at radius 3 is 3.07 bits per heavy atom. The minimum Gasteiger partial charge on any atom is -0.337 e. The monoisotopic (exact) mass is 318 g/mol. The van der Waals surface area contributed by atoms with Crippen molar-refractivity contribution in [2.45, 2.75) is 26.3 Å². The van der Waals surface area contributed by atoms with Crippen molar-refractivity contribution in [1.82, 2.24) is 19.9 Å². The maximum atomic E-state index is 5.11. The third kappa shape index (κ3) is 2.77. The highest BCUT2D eigenvalue weighted by Crippen LogP contribution is 2.05. The normalized spacial score (nSPS) is 10.8. The molecule has 15 heavy (non-hydrogen) atoms. The summed E-state index contributed by atoms with van der Waals surface area (Å²) >= 11 is 2.21. The van der Waals surface area contributed by atoms with Gasteiger partial charge in [0.15, 0.2) is 5.82 Å². The molecular weight excluding hydrogens is 307 g/mol. The fourth-order valence-electron chi connectivity index (χ4n) is 1.24.